The van der Waals surface area contributed by atoms with E-state index in [1.807, 2.05) is 35.2 Å². The molecular weight excluding hydrogens is 416 g/mol. The maximum Gasteiger partial charge on any atom is 0.252 e. The maximum atomic E-state index is 13.6. The van der Waals surface area contributed by atoms with Gasteiger partial charge in [-0.05, 0) is 62.8 Å². The summed E-state index contributed by atoms with van der Waals surface area (Å²) in [5, 5.41) is 2.97. The predicted molar refractivity (Wildman–Crippen MR) is 128 cm³/mol. The molecule has 0 bridgehead atoms. The molecule has 7 heteroatoms. The minimum absolute atomic E-state index is 0.0499. The zero-order valence-electron chi connectivity index (χ0n) is 19.6. The third-order valence-electron chi connectivity index (χ3n) is 6.84. The number of amides is 2. The summed E-state index contributed by atoms with van der Waals surface area (Å²) in [6.45, 7) is 5.41. The van der Waals surface area contributed by atoms with E-state index in [0.717, 1.165) is 31.7 Å². The summed E-state index contributed by atoms with van der Waals surface area (Å²) < 4.78 is 5.18. The molecule has 2 fully saturated rings. The van der Waals surface area contributed by atoms with Gasteiger partial charge in [-0.25, -0.2) is 0 Å². The standard InChI is InChI=1S/C26H34N4O3/c1-28-14-12-22(13-15-28)29-16-18-30(19-17-29)26(32)24(20-6-4-3-5-7-20)27-25(31)21-8-10-23(33-2)11-9-21/h3-11,22,24H,12-19H2,1-2H3,(H,27,31)/t24-/m0/s1. The van der Waals surface area contributed by atoms with Crippen molar-refractivity contribution in [3.8, 4) is 5.75 Å². The Morgan fingerprint density at radius 1 is 0.909 bits per heavy atom. The molecule has 4 rings (SSSR count). The van der Waals surface area contributed by atoms with Gasteiger partial charge in [0.05, 0.1) is 7.11 Å². The molecule has 0 aliphatic carbocycles. The zero-order valence-corrected chi connectivity index (χ0v) is 19.6. The van der Waals surface area contributed by atoms with Crippen molar-refractivity contribution < 1.29 is 14.3 Å². The van der Waals surface area contributed by atoms with Crippen LogP contribution < -0.4 is 10.1 Å². The number of piperazine rings is 1. The molecule has 1 atom stereocenters. The van der Waals surface area contributed by atoms with E-state index in [1.165, 1.54) is 12.8 Å². The van der Waals surface area contributed by atoms with Gasteiger partial charge in [0.2, 0.25) is 5.91 Å². The number of hydrogen-bond donors (Lipinski definition) is 1. The average Bonchev–Trinajstić information content (AvgIpc) is 2.88. The quantitative estimate of drug-likeness (QED) is 0.732. The highest BCUT2D eigenvalue weighted by atomic mass is 16.5. The first-order valence-corrected chi connectivity index (χ1v) is 11.8. The lowest BCUT2D eigenvalue weighted by atomic mass is 10.0. The first kappa shape index (κ1) is 23.3. The van der Waals surface area contributed by atoms with Crippen LogP contribution in [0, 0.1) is 0 Å². The second-order valence-electron chi connectivity index (χ2n) is 8.94. The first-order valence-electron chi connectivity index (χ1n) is 11.8. The summed E-state index contributed by atoms with van der Waals surface area (Å²) in [6, 6.07) is 16.3. The van der Waals surface area contributed by atoms with Crippen LogP contribution in [0.5, 0.6) is 5.75 Å². The predicted octanol–water partition coefficient (Wildman–Crippen LogP) is 2.40. The van der Waals surface area contributed by atoms with Crippen molar-refractivity contribution in [3.05, 3.63) is 65.7 Å². The molecule has 2 saturated heterocycles. The van der Waals surface area contributed by atoms with Gasteiger partial charge in [-0.3, -0.25) is 14.5 Å². The van der Waals surface area contributed by atoms with Gasteiger partial charge in [0.25, 0.3) is 5.91 Å². The summed E-state index contributed by atoms with van der Waals surface area (Å²) in [6.07, 6.45) is 2.38. The highest BCUT2D eigenvalue weighted by Crippen LogP contribution is 2.21. The summed E-state index contributed by atoms with van der Waals surface area (Å²) >= 11 is 0. The fourth-order valence-electron chi connectivity index (χ4n) is 4.74. The molecule has 0 saturated carbocycles. The van der Waals surface area contributed by atoms with E-state index in [1.54, 1.807) is 31.4 Å². The lowest BCUT2D eigenvalue weighted by Gasteiger charge is -2.42. The molecule has 0 spiro atoms. The van der Waals surface area contributed by atoms with Crippen molar-refractivity contribution in [2.75, 3.05) is 53.4 Å². The van der Waals surface area contributed by atoms with Crippen LogP contribution in [-0.4, -0.2) is 86.0 Å². The van der Waals surface area contributed by atoms with Crippen LogP contribution in [0.15, 0.2) is 54.6 Å². The van der Waals surface area contributed by atoms with E-state index in [9.17, 15) is 9.59 Å². The molecule has 2 aliphatic heterocycles. The van der Waals surface area contributed by atoms with Crippen molar-refractivity contribution in [1.82, 2.24) is 20.0 Å². The molecule has 2 aromatic carbocycles. The smallest absolute Gasteiger partial charge is 0.252 e. The number of carbonyl (C=O) groups excluding carboxylic acids is 2. The van der Waals surface area contributed by atoms with Gasteiger partial charge in [-0.15, -0.1) is 0 Å². The van der Waals surface area contributed by atoms with Crippen molar-refractivity contribution in [2.45, 2.75) is 24.9 Å². The van der Waals surface area contributed by atoms with E-state index in [-0.39, 0.29) is 11.8 Å². The van der Waals surface area contributed by atoms with Crippen LogP contribution in [-0.2, 0) is 4.79 Å². The number of rotatable bonds is 6. The number of nitrogens with zero attached hydrogens (tertiary/aromatic N) is 3. The number of methoxy groups -OCH3 is 1. The highest BCUT2D eigenvalue weighted by molar-refractivity contribution is 5.98. The molecule has 2 aliphatic rings. The van der Waals surface area contributed by atoms with Crippen LogP contribution in [0.3, 0.4) is 0 Å². The molecule has 0 radical (unpaired) electrons. The summed E-state index contributed by atoms with van der Waals surface area (Å²) in [5.41, 5.74) is 1.29. The molecule has 2 amide bonds. The van der Waals surface area contributed by atoms with Crippen molar-refractivity contribution >= 4 is 11.8 Å². The van der Waals surface area contributed by atoms with Gasteiger partial charge >= 0.3 is 0 Å². The number of ether oxygens (including phenoxy) is 1. The number of piperidine rings is 1. The van der Waals surface area contributed by atoms with E-state index >= 15 is 0 Å². The molecule has 1 N–H and O–H groups in total. The zero-order chi connectivity index (χ0) is 23.2. The van der Waals surface area contributed by atoms with Gasteiger partial charge < -0.3 is 19.9 Å². The highest BCUT2D eigenvalue weighted by Gasteiger charge is 2.32. The number of benzene rings is 2. The van der Waals surface area contributed by atoms with Crippen molar-refractivity contribution in [2.24, 2.45) is 0 Å². The molecular formula is C26H34N4O3. The third kappa shape index (κ3) is 5.72. The lowest BCUT2D eigenvalue weighted by Crippen LogP contribution is -2.55. The second kappa shape index (κ2) is 10.8. The molecule has 33 heavy (non-hydrogen) atoms. The van der Waals surface area contributed by atoms with Crippen LogP contribution in [0.25, 0.3) is 0 Å². The Balaban J connectivity index is 1.42. The monoisotopic (exact) mass is 450 g/mol. The Bertz CT molecular complexity index is 918. The molecule has 176 valence electrons. The molecule has 0 aromatic heterocycles. The average molecular weight is 451 g/mol. The molecule has 0 unspecified atom stereocenters. The molecule has 2 aromatic rings. The normalized spacial score (nSPS) is 19.2. The van der Waals surface area contributed by atoms with Gasteiger partial charge in [-0.2, -0.15) is 0 Å². The van der Waals surface area contributed by atoms with Gasteiger partial charge in [0.15, 0.2) is 0 Å². The van der Waals surface area contributed by atoms with Gasteiger partial charge in [0.1, 0.15) is 11.8 Å². The van der Waals surface area contributed by atoms with E-state index < -0.39 is 6.04 Å². The minimum Gasteiger partial charge on any atom is -0.497 e. The number of likely N-dealkylation sites (tertiary alicyclic amines) is 1. The summed E-state index contributed by atoms with van der Waals surface area (Å²) in [4.78, 5) is 33.3. The van der Waals surface area contributed by atoms with Crippen LogP contribution in [0.2, 0.25) is 0 Å². The number of hydrogen-bond acceptors (Lipinski definition) is 5. The van der Waals surface area contributed by atoms with Crippen molar-refractivity contribution in [3.63, 3.8) is 0 Å². The lowest BCUT2D eigenvalue weighted by molar-refractivity contribution is -0.135. The van der Waals surface area contributed by atoms with Crippen molar-refractivity contribution in [1.29, 1.82) is 0 Å². The maximum absolute atomic E-state index is 13.6. The SMILES string of the molecule is COc1ccc(C(=O)N[C@H](C(=O)N2CCN(C3CCN(C)CC3)CC2)c2ccccc2)cc1. The second-order valence-corrected chi connectivity index (χ2v) is 8.94. The van der Waals surface area contributed by atoms with E-state index in [4.69, 9.17) is 4.74 Å². The topological polar surface area (TPSA) is 65.1 Å². The number of carbonyl (C=O) groups is 2. The Morgan fingerprint density at radius 3 is 2.15 bits per heavy atom. The number of nitrogens with one attached hydrogen (secondary N) is 1. The van der Waals surface area contributed by atoms with Crippen LogP contribution >= 0.6 is 0 Å². The largest absolute Gasteiger partial charge is 0.497 e. The van der Waals surface area contributed by atoms with Crippen LogP contribution in [0.1, 0.15) is 34.8 Å². The molecule has 7 nitrogen and oxygen atoms in total. The Hall–Kier alpha value is -2.90. The minimum atomic E-state index is -0.712. The Labute approximate surface area is 196 Å². The van der Waals surface area contributed by atoms with Gasteiger partial charge in [0, 0.05) is 37.8 Å². The molecule has 2 heterocycles. The third-order valence-corrected chi connectivity index (χ3v) is 6.84. The Kier molecular flexibility index (Phi) is 7.62. The fourth-order valence-corrected chi connectivity index (χ4v) is 4.74. The van der Waals surface area contributed by atoms with E-state index in [2.05, 4.69) is 22.2 Å². The fraction of sp³-hybridized carbons (Fsp3) is 0.462. The van der Waals surface area contributed by atoms with Gasteiger partial charge in [-0.1, -0.05) is 30.3 Å². The Morgan fingerprint density at radius 2 is 1.55 bits per heavy atom. The first-order chi connectivity index (χ1) is 16.0. The van der Waals surface area contributed by atoms with E-state index in [0.29, 0.717) is 30.4 Å². The summed E-state index contributed by atoms with van der Waals surface area (Å²) in [5.74, 6) is 0.362. The van der Waals surface area contributed by atoms with Crippen LogP contribution in [0.4, 0.5) is 0 Å². The summed E-state index contributed by atoms with van der Waals surface area (Å²) in [7, 11) is 3.77.